The van der Waals surface area contributed by atoms with Crippen molar-refractivity contribution >= 4 is 10.2 Å². The van der Waals surface area contributed by atoms with Gasteiger partial charge in [-0.1, -0.05) is 6.92 Å². The van der Waals surface area contributed by atoms with Crippen LogP contribution in [0.5, 0.6) is 0 Å². The van der Waals surface area contributed by atoms with Crippen LogP contribution in [-0.4, -0.2) is 49.2 Å². The van der Waals surface area contributed by atoms with Crippen LogP contribution in [-0.2, 0) is 10.2 Å². The van der Waals surface area contributed by atoms with E-state index in [9.17, 15) is 8.42 Å². The molecule has 2 aliphatic heterocycles. The molecular weight excluding hydrogens is 226 g/mol. The molecule has 2 rings (SSSR count). The van der Waals surface area contributed by atoms with Crippen molar-refractivity contribution in [3.8, 4) is 0 Å². The van der Waals surface area contributed by atoms with Gasteiger partial charge < -0.3 is 5.73 Å². The molecule has 0 aromatic heterocycles. The number of nitrogens with two attached hydrogens (primary N) is 1. The fourth-order valence-electron chi connectivity index (χ4n) is 2.34. The van der Waals surface area contributed by atoms with Crippen molar-refractivity contribution < 1.29 is 8.42 Å². The van der Waals surface area contributed by atoms with Crippen molar-refractivity contribution in [2.75, 3.05) is 26.2 Å². The van der Waals surface area contributed by atoms with Gasteiger partial charge >= 0.3 is 0 Å². The Labute approximate surface area is 97.8 Å². The number of hydrogen-bond donors (Lipinski definition) is 1. The Morgan fingerprint density at radius 1 is 1.06 bits per heavy atom. The second-order valence-electron chi connectivity index (χ2n) is 5.00. The molecule has 1 atom stereocenters. The first-order valence-electron chi connectivity index (χ1n) is 6.01. The largest absolute Gasteiger partial charge is 0.326 e. The highest BCUT2D eigenvalue weighted by Crippen LogP contribution is 2.22. The van der Waals surface area contributed by atoms with Gasteiger partial charge in [-0.25, -0.2) is 0 Å². The molecule has 2 heterocycles. The summed E-state index contributed by atoms with van der Waals surface area (Å²) < 4.78 is 27.6. The molecule has 0 aromatic carbocycles. The number of piperidine rings is 1. The van der Waals surface area contributed by atoms with Gasteiger partial charge in [0.2, 0.25) is 0 Å². The molecule has 2 N–H and O–H groups in total. The summed E-state index contributed by atoms with van der Waals surface area (Å²) in [6.45, 7) is 4.56. The summed E-state index contributed by atoms with van der Waals surface area (Å²) in [6, 6.07) is 0.0125. The maximum absolute atomic E-state index is 12.2. The van der Waals surface area contributed by atoms with Gasteiger partial charge in [0.25, 0.3) is 10.2 Å². The Morgan fingerprint density at radius 2 is 1.62 bits per heavy atom. The van der Waals surface area contributed by atoms with Crippen LogP contribution in [0.25, 0.3) is 0 Å². The van der Waals surface area contributed by atoms with E-state index in [0.717, 1.165) is 19.3 Å². The smallest absolute Gasteiger partial charge is 0.282 e. The number of rotatable bonds is 2. The van der Waals surface area contributed by atoms with Gasteiger partial charge in [0.15, 0.2) is 0 Å². The van der Waals surface area contributed by atoms with Crippen LogP contribution in [0.2, 0.25) is 0 Å². The number of nitrogens with zero attached hydrogens (tertiary/aromatic N) is 2. The Morgan fingerprint density at radius 3 is 2.12 bits per heavy atom. The summed E-state index contributed by atoms with van der Waals surface area (Å²) in [5, 5.41) is 0. The van der Waals surface area contributed by atoms with E-state index in [0.29, 0.717) is 32.1 Å². The normalized spacial score (nSPS) is 31.0. The van der Waals surface area contributed by atoms with E-state index in [1.807, 2.05) is 0 Å². The van der Waals surface area contributed by atoms with E-state index >= 15 is 0 Å². The maximum Gasteiger partial charge on any atom is 0.282 e. The van der Waals surface area contributed by atoms with Crippen LogP contribution in [0.15, 0.2) is 0 Å². The Balaban J connectivity index is 2.02. The third kappa shape index (κ3) is 2.40. The van der Waals surface area contributed by atoms with Crippen molar-refractivity contribution in [3.63, 3.8) is 0 Å². The third-order valence-electron chi connectivity index (χ3n) is 3.58. The predicted octanol–water partition coefficient (Wildman–Crippen LogP) is -0.00390. The van der Waals surface area contributed by atoms with E-state index in [-0.39, 0.29) is 6.04 Å². The van der Waals surface area contributed by atoms with Gasteiger partial charge in [-0.05, 0) is 25.2 Å². The van der Waals surface area contributed by atoms with E-state index in [4.69, 9.17) is 5.73 Å². The fraction of sp³-hybridized carbons (Fsp3) is 1.00. The average molecular weight is 247 g/mol. The second-order valence-corrected chi connectivity index (χ2v) is 6.92. The minimum Gasteiger partial charge on any atom is -0.326 e. The van der Waals surface area contributed by atoms with Gasteiger partial charge in [-0.15, -0.1) is 0 Å². The zero-order valence-electron chi connectivity index (χ0n) is 9.80. The number of hydrogen-bond acceptors (Lipinski definition) is 3. The highest BCUT2D eigenvalue weighted by atomic mass is 32.2. The quantitative estimate of drug-likeness (QED) is 0.746. The Hall–Kier alpha value is -0.170. The zero-order valence-corrected chi connectivity index (χ0v) is 10.6. The van der Waals surface area contributed by atoms with Crippen molar-refractivity contribution in [2.24, 2.45) is 11.7 Å². The summed E-state index contributed by atoms with van der Waals surface area (Å²) in [5.74, 6) is 0.646. The van der Waals surface area contributed by atoms with Crippen molar-refractivity contribution in [2.45, 2.75) is 32.2 Å². The Kier molecular flexibility index (Phi) is 3.53. The molecule has 0 spiro atoms. The van der Waals surface area contributed by atoms with Crippen LogP contribution in [0.1, 0.15) is 26.2 Å². The molecule has 6 heteroatoms. The molecule has 94 valence electrons. The third-order valence-corrected chi connectivity index (χ3v) is 5.58. The standard InChI is InChI=1S/C10H21N3O2S/c1-9-2-5-12(6-3-9)16(14,15)13-7-4-10(11)8-13/h9-10H,2-8,11H2,1H3/t10-/m1/s1. The lowest BCUT2D eigenvalue weighted by atomic mass is 10.0. The van der Waals surface area contributed by atoms with E-state index in [1.54, 1.807) is 4.31 Å². The first-order valence-corrected chi connectivity index (χ1v) is 7.40. The minimum atomic E-state index is -3.23. The molecule has 0 aliphatic carbocycles. The van der Waals surface area contributed by atoms with Gasteiger partial charge in [-0.3, -0.25) is 0 Å². The summed E-state index contributed by atoms with van der Waals surface area (Å²) in [7, 11) is -3.23. The van der Waals surface area contributed by atoms with Crippen LogP contribution >= 0.6 is 0 Å². The van der Waals surface area contributed by atoms with Gasteiger partial charge in [0.05, 0.1) is 0 Å². The first-order chi connectivity index (χ1) is 7.50. The summed E-state index contributed by atoms with van der Waals surface area (Å²) in [5.41, 5.74) is 5.75. The molecule has 0 amide bonds. The van der Waals surface area contributed by atoms with E-state index < -0.39 is 10.2 Å². The minimum absolute atomic E-state index is 0.0125. The molecule has 16 heavy (non-hydrogen) atoms. The molecule has 0 aromatic rings. The summed E-state index contributed by atoms with van der Waals surface area (Å²) >= 11 is 0. The monoisotopic (exact) mass is 247 g/mol. The summed E-state index contributed by atoms with van der Waals surface area (Å²) in [4.78, 5) is 0. The van der Waals surface area contributed by atoms with E-state index in [2.05, 4.69) is 6.92 Å². The molecule has 2 aliphatic rings. The van der Waals surface area contributed by atoms with Crippen LogP contribution in [0, 0.1) is 5.92 Å². The molecule has 5 nitrogen and oxygen atoms in total. The maximum atomic E-state index is 12.2. The van der Waals surface area contributed by atoms with Gasteiger partial charge in [0.1, 0.15) is 0 Å². The first kappa shape index (κ1) is 12.3. The molecule has 0 radical (unpaired) electrons. The highest BCUT2D eigenvalue weighted by Gasteiger charge is 2.35. The fourth-order valence-corrected chi connectivity index (χ4v) is 4.06. The van der Waals surface area contributed by atoms with Gasteiger partial charge in [-0.2, -0.15) is 17.0 Å². The van der Waals surface area contributed by atoms with Gasteiger partial charge in [0, 0.05) is 32.2 Å². The summed E-state index contributed by atoms with van der Waals surface area (Å²) in [6.07, 6.45) is 2.72. The average Bonchev–Trinajstić information content (AvgIpc) is 2.66. The van der Waals surface area contributed by atoms with Crippen molar-refractivity contribution in [1.29, 1.82) is 0 Å². The Bertz CT molecular complexity index is 336. The zero-order chi connectivity index (χ0) is 11.8. The predicted molar refractivity (Wildman–Crippen MR) is 63.1 cm³/mol. The van der Waals surface area contributed by atoms with Crippen molar-refractivity contribution in [1.82, 2.24) is 8.61 Å². The molecule has 0 saturated carbocycles. The molecule has 0 unspecified atom stereocenters. The molecule has 2 fully saturated rings. The van der Waals surface area contributed by atoms with Crippen LogP contribution < -0.4 is 5.73 Å². The van der Waals surface area contributed by atoms with Crippen molar-refractivity contribution in [3.05, 3.63) is 0 Å². The lowest BCUT2D eigenvalue weighted by Gasteiger charge is -2.32. The lowest BCUT2D eigenvalue weighted by molar-refractivity contribution is 0.270. The topological polar surface area (TPSA) is 66.6 Å². The molecule has 2 saturated heterocycles. The highest BCUT2D eigenvalue weighted by molar-refractivity contribution is 7.86. The molecular formula is C10H21N3O2S. The lowest BCUT2D eigenvalue weighted by Crippen LogP contribution is -2.46. The van der Waals surface area contributed by atoms with E-state index in [1.165, 1.54) is 4.31 Å². The molecule has 0 bridgehead atoms. The second kappa shape index (κ2) is 4.60. The van der Waals surface area contributed by atoms with Crippen LogP contribution in [0.3, 0.4) is 0 Å². The SMILES string of the molecule is CC1CCN(S(=O)(=O)N2CC[C@@H](N)C2)CC1. The van der Waals surface area contributed by atoms with Crippen LogP contribution in [0.4, 0.5) is 0 Å².